The fourth-order valence-corrected chi connectivity index (χ4v) is 1.87. The van der Waals surface area contributed by atoms with Gasteiger partial charge in [0.05, 0.1) is 33.5 Å². The Bertz CT molecular complexity index is 516. The van der Waals surface area contributed by atoms with Gasteiger partial charge in [0.25, 0.3) is 0 Å². The van der Waals surface area contributed by atoms with Crippen LogP contribution in [0.25, 0.3) is 0 Å². The van der Waals surface area contributed by atoms with E-state index in [-0.39, 0.29) is 6.61 Å². The lowest BCUT2D eigenvalue weighted by Crippen LogP contribution is -2.45. The first-order valence-electron chi connectivity index (χ1n) is 8.23. The molecule has 10 nitrogen and oxygen atoms in total. The summed E-state index contributed by atoms with van der Waals surface area (Å²) in [6.45, 7) is 1.15. The molecule has 0 amide bonds. The van der Waals surface area contributed by atoms with Crippen LogP contribution in [-0.4, -0.2) is 87.1 Å². The maximum absolute atomic E-state index is 12.2. The highest BCUT2D eigenvalue weighted by Crippen LogP contribution is 2.25. The number of ether oxygens (including phenoxy) is 4. The topological polar surface area (TPSA) is 149 Å². The molecule has 0 aromatic heterocycles. The number of hydrogen-bond donors (Lipinski definition) is 3. The second-order valence-corrected chi connectivity index (χ2v) is 7.23. The molecule has 0 heterocycles. The largest absolute Gasteiger partial charge is 0.468 e. The number of hydrogen-bond acceptors (Lipinski definition) is 10. The van der Waals surface area contributed by atoms with E-state index in [1.807, 2.05) is 0 Å². The number of methoxy groups -OCH3 is 2. The third-order valence-electron chi connectivity index (χ3n) is 4.22. The third kappa shape index (κ3) is 6.42. The van der Waals surface area contributed by atoms with E-state index in [1.165, 1.54) is 27.9 Å². The van der Waals surface area contributed by atoms with Crippen molar-refractivity contribution in [3.63, 3.8) is 0 Å². The van der Waals surface area contributed by atoms with Crippen molar-refractivity contribution in [3.8, 4) is 0 Å². The summed E-state index contributed by atoms with van der Waals surface area (Å²) in [5.41, 5.74) is -4.40. The predicted molar refractivity (Wildman–Crippen MR) is 91.4 cm³/mol. The van der Waals surface area contributed by atoms with Gasteiger partial charge < -0.3 is 34.3 Å². The Kier molecular flexibility index (Phi) is 9.87. The van der Waals surface area contributed by atoms with Crippen LogP contribution in [0.3, 0.4) is 0 Å². The Hall–Kier alpha value is -1.75. The van der Waals surface area contributed by atoms with Crippen LogP contribution in [0.2, 0.25) is 0 Å². The molecule has 0 bridgehead atoms. The van der Waals surface area contributed by atoms with Gasteiger partial charge in [-0.2, -0.15) is 0 Å². The van der Waals surface area contributed by atoms with Crippen molar-refractivity contribution in [2.24, 2.45) is 16.2 Å². The Labute approximate surface area is 158 Å². The monoisotopic (exact) mass is 394 g/mol. The van der Waals surface area contributed by atoms with Crippen LogP contribution >= 0.6 is 0 Å². The molecule has 0 saturated heterocycles. The van der Waals surface area contributed by atoms with E-state index in [0.717, 1.165) is 7.11 Å². The molecule has 0 aromatic rings. The second-order valence-electron chi connectivity index (χ2n) is 7.23. The zero-order chi connectivity index (χ0) is 21.3. The smallest absolute Gasteiger partial charge is 0.318 e. The van der Waals surface area contributed by atoms with Gasteiger partial charge in [0.1, 0.15) is 29.5 Å². The van der Waals surface area contributed by atoms with Crippen LogP contribution in [0.1, 0.15) is 20.8 Å². The summed E-state index contributed by atoms with van der Waals surface area (Å²) in [7, 11) is 2.48. The highest BCUT2D eigenvalue weighted by molar-refractivity contribution is 5.80. The summed E-state index contributed by atoms with van der Waals surface area (Å²) >= 11 is 0. The van der Waals surface area contributed by atoms with Gasteiger partial charge in [-0.3, -0.25) is 14.4 Å². The maximum atomic E-state index is 12.2. The Morgan fingerprint density at radius 1 is 0.667 bits per heavy atom. The molecule has 27 heavy (non-hydrogen) atoms. The van der Waals surface area contributed by atoms with Crippen molar-refractivity contribution >= 4 is 17.9 Å². The van der Waals surface area contributed by atoms with Gasteiger partial charge in [-0.15, -0.1) is 0 Å². The van der Waals surface area contributed by atoms with Gasteiger partial charge in [-0.25, -0.2) is 0 Å². The first-order valence-corrected chi connectivity index (χ1v) is 8.23. The van der Waals surface area contributed by atoms with E-state index in [4.69, 9.17) is 14.2 Å². The number of carbonyl (C=O) groups excluding carboxylic acids is 3. The third-order valence-corrected chi connectivity index (χ3v) is 4.22. The van der Waals surface area contributed by atoms with Gasteiger partial charge in [0.15, 0.2) is 0 Å². The van der Waals surface area contributed by atoms with Crippen LogP contribution in [0.4, 0.5) is 0 Å². The van der Waals surface area contributed by atoms with E-state index in [1.54, 1.807) is 0 Å². The quantitative estimate of drug-likeness (QED) is 0.275. The Balaban J connectivity index is 5.19. The lowest BCUT2D eigenvalue weighted by Gasteiger charge is -2.30. The molecule has 0 aromatic carbocycles. The van der Waals surface area contributed by atoms with Gasteiger partial charge in [-0.05, 0) is 20.8 Å². The van der Waals surface area contributed by atoms with E-state index in [9.17, 15) is 29.7 Å². The average molecular weight is 394 g/mol. The summed E-state index contributed by atoms with van der Waals surface area (Å²) in [4.78, 5) is 36.4. The van der Waals surface area contributed by atoms with Gasteiger partial charge >= 0.3 is 17.9 Å². The fourth-order valence-electron chi connectivity index (χ4n) is 1.87. The summed E-state index contributed by atoms with van der Waals surface area (Å²) in [5.74, 6) is -2.52. The predicted octanol–water partition coefficient (Wildman–Crippen LogP) is -1.11. The number of carbonyl (C=O) groups is 3. The molecule has 0 spiro atoms. The first kappa shape index (κ1) is 25.2. The van der Waals surface area contributed by atoms with Crippen molar-refractivity contribution in [1.29, 1.82) is 0 Å². The average Bonchev–Trinajstić information content (AvgIpc) is 2.68. The van der Waals surface area contributed by atoms with Gasteiger partial charge in [-0.1, -0.05) is 0 Å². The lowest BCUT2D eigenvalue weighted by molar-refractivity contribution is -0.178. The lowest BCUT2D eigenvalue weighted by atomic mass is 9.90. The first-order chi connectivity index (χ1) is 12.5. The zero-order valence-corrected chi connectivity index (χ0v) is 16.4. The van der Waals surface area contributed by atoms with E-state index in [2.05, 4.69) is 4.74 Å². The number of rotatable bonds is 12. The Morgan fingerprint density at radius 2 is 1.07 bits per heavy atom. The zero-order valence-electron chi connectivity index (χ0n) is 16.4. The molecule has 2 unspecified atom stereocenters. The van der Waals surface area contributed by atoms with Gasteiger partial charge in [0, 0.05) is 7.11 Å². The molecule has 2 atom stereocenters. The highest BCUT2D eigenvalue weighted by atomic mass is 16.6. The molecule has 158 valence electrons. The number of esters is 3. The van der Waals surface area contributed by atoms with Crippen LogP contribution < -0.4 is 0 Å². The van der Waals surface area contributed by atoms with Crippen LogP contribution in [0.5, 0.6) is 0 Å². The molecule has 0 fully saturated rings. The molecular formula is C17H30O10. The van der Waals surface area contributed by atoms with Crippen molar-refractivity contribution in [2.75, 3.05) is 53.9 Å². The molecule has 3 N–H and O–H groups in total. The minimum atomic E-state index is -1.54. The molecule has 10 heteroatoms. The van der Waals surface area contributed by atoms with Crippen molar-refractivity contribution in [1.82, 2.24) is 0 Å². The molecule has 0 aliphatic rings. The SMILES string of the molecule is COCC(C)(CO)C(=O)OCC(C)(COC(=O)C(C)(CO)CO)C(=O)OC. The fraction of sp³-hybridized carbons (Fsp3) is 0.824. The molecule has 0 radical (unpaired) electrons. The molecule has 0 aliphatic carbocycles. The standard InChI is InChI=1S/C17H30O10/c1-15(6-18,7-19)13(22)26-10-17(3,12(21)25-5)11-27-14(23)16(2,8-20)9-24-4/h18-20H,6-11H2,1-5H3. The number of aliphatic hydroxyl groups is 3. The minimum absolute atomic E-state index is 0.0996. The van der Waals surface area contributed by atoms with E-state index < -0.39 is 67.2 Å². The van der Waals surface area contributed by atoms with Crippen molar-refractivity contribution < 1.29 is 48.7 Å². The highest BCUT2D eigenvalue weighted by Gasteiger charge is 2.43. The Morgan fingerprint density at radius 3 is 1.41 bits per heavy atom. The molecule has 0 saturated carbocycles. The van der Waals surface area contributed by atoms with E-state index >= 15 is 0 Å². The second kappa shape index (κ2) is 10.5. The summed E-state index contributed by atoms with van der Waals surface area (Å²) in [5, 5.41) is 27.9. The van der Waals surface area contributed by atoms with Crippen LogP contribution in [0, 0.1) is 16.2 Å². The summed E-state index contributed by atoms with van der Waals surface area (Å²) < 4.78 is 19.8. The van der Waals surface area contributed by atoms with Crippen molar-refractivity contribution in [2.45, 2.75) is 20.8 Å². The molecular weight excluding hydrogens is 364 g/mol. The van der Waals surface area contributed by atoms with E-state index in [0.29, 0.717) is 0 Å². The molecule has 0 rings (SSSR count). The normalized spacial score (nSPS) is 16.0. The maximum Gasteiger partial charge on any atom is 0.318 e. The van der Waals surface area contributed by atoms with Crippen molar-refractivity contribution in [3.05, 3.63) is 0 Å². The van der Waals surface area contributed by atoms with Crippen LogP contribution in [0.15, 0.2) is 0 Å². The molecule has 0 aliphatic heterocycles. The van der Waals surface area contributed by atoms with Crippen LogP contribution in [-0.2, 0) is 33.3 Å². The van der Waals surface area contributed by atoms with Gasteiger partial charge in [0.2, 0.25) is 0 Å². The minimum Gasteiger partial charge on any atom is -0.468 e. The number of aliphatic hydroxyl groups excluding tert-OH is 3. The summed E-state index contributed by atoms with van der Waals surface area (Å²) in [6, 6.07) is 0. The summed E-state index contributed by atoms with van der Waals surface area (Å²) in [6.07, 6.45) is 0.